The van der Waals surface area contributed by atoms with Gasteiger partial charge in [0.1, 0.15) is 5.76 Å². The van der Waals surface area contributed by atoms with Gasteiger partial charge >= 0.3 is 5.97 Å². The minimum atomic E-state index is -2.92. The van der Waals surface area contributed by atoms with Gasteiger partial charge in [0.25, 0.3) is 5.79 Å². The van der Waals surface area contributed by atoms with E-state index in [2.05, 4.69) is 4.74 Å². The Balaban J connectivity index is 2.92. The summed E-state index contributed by atoms with van der Waals surface area (Å²) >= 11 is 0. The van der Waals surface area contributed by atoms with Crippen molar-refractivity contribution in [2.24, 2.45) is 0 Å². The van der Waals surface area contributed by atoms with Crippen molar-refractivity contribution in [1.29, 1.82) is 0 Å². The van der Waals surface area contributed by atoms with E-state index < -0.39 is 11.8 Å². The highest BCUT2D eigenvalue weighted by Crippen LogP contribution is 2.30. The monoisotopic (exact) mass is 148 g/mol. The molecule has 4 N–H and O–H groups in total. The van der Waals surface area contributed by atoms with Gasteiger partial charge in [-0.3, -0.25) is 0 Å². The van der Waals surface area contributed by atoms with Gasteiger partial charge in [-0.05, 0) is 6.92 Å². The van der Waals surface area contributed by atoms with E-state index in [-0.39, 0.29) is 5.76 Å². The van der Waals surface area contributed by atoms with Crippen molar-refractivity contribution in [3.05, 3.63) is 11.8 Å². The largest absolute Gasteiger partial charge is 0.440 e. The van der Waals surface area contributed by atoms with Crippen LogP contribution in [-0.2, 0) is 4.74 Å². The molecule has 0 spiro atoms. The number of ether oxygens (including phenoxy) is 1. The van der Waals surface area contributed by atoms with Crippen LogP contribution >= 0.6 is 0 Å². The molecule has 5 nitrogen and oxygen atoms in total. The van der Waals surface area contributed by atoms with Crippen LogP contribution in [0.1, 0.15) is 6.92 Å². The summed E-state index contributed by atoms with van der Waals surface area (Å²) in [5, 5.41) is 34.8. The molecule has 0 saturated heterocycles. The fourth-order valence-corrected chi connectivity index (χ4v) is 0.707. The summed E-state index contributed by atoms with van der Waals surface area (Å²) in [6, 6.07) is 0. The van der Waals surface area contributed by atoms with Gasteiger partial charge in [0, 0.05) is 6.08 Å². The van der Waals surface area contributed by atoms with Crippen LogP contribution in [0.2, 0.25) is 0 Å². The van der Waals surface area contributed by atoms with Crippen LogP contribution in [0.4, 0.5) is 0 Å². The quantitative estimate of drug-likeness (QED) is 0.305. The first-order chi connectivity index (χ1) is 4.35. The molecule has 1 heterocycles. The normalized spacial score (nSPS) is 27.5. The highest BCUT2D eigenvalue weighted by molar-refractivity contribution is 5.09. The molecule has 0 bridgehead atoms. The first-order valence-electron chi connectivity index (χ1n) is 2.63. The van der Waals surface area contributed by atoms with E-state index in [0.717, 1.165) is 6.08 Å². The maximum Gasteiger partial charge on any atom is 0.383 e. The third-order valence-electron chi connectivity index (χ3n) is 1.19. The van der Waals surface area contributed by atoms with Gasteiger partial charge in [-0.25, -0.2) is 0 Å². The molecule has 0 unspecified atom stereocenters. The minimum absolute atomic E-state index is 0.0509. The van der Waals surface area contributed by atoms with Crippen molar-refractivity contribution in [1.82, 2.24) is 0 Å². The lowest BCUT2D eigenvalue weighted by molar-refractivity contribution is -0.418. The van der Waals surface area contributed by atoms with Crippen LogP contribution in [0.5, 0.6) is 0 Å². The smallest absolute Gasteiger partial charge is 0.383 e. The van der Waals surface area contributed by atoms with Crippen LogP contribution in [0.3, 0.4) is 0 Å². The standard InChI is InChI=1S/C5H8O5/c1-3-2-4(6,7)5(8,9)10-3/h2,6-9H,1H3. The van der Waals surface area contributed by atoms with E-state index in [4.69, 9.17) is 20.4 Å². The molecule has 0 aromatic carbocycles. The summed E-state index contributed by atoms with van der Waals surface area (Å²) in [5.74, 6) is -5.58. The highest BCUT2D eigenvalue weighted by Gasteiger charge is 2.53. The summed E-state index contributed by atoms with van der Waals surface area (Å²) in [6.07, 6.45) is 0.799. The van der Waals surface area contributed by atoms with Crippen LogP contribution in [0.25, 0.3) is 0 Å². The fraction of sp³-hybridized carbons (Fsp3) is 0.600. The van der Waals surface area contributed by atoms with Crippen molar-refractivity contribution in [3.63, 3.8) is 0 Å². The highest BCUT2D eigenvalue weighted by atomic mass is 16.8. The number of allylic oxidation sites excluding steroid dienone is 1. The summed E-state index contributed by atoms with van der Waals surface area (Å²) in [5.41, 5.74) is 0. The molecule has 1 aliphatic heterocycles. The Morgan fingerprint density at radius 1 is 1.30 bits per heavy atom. The minimum Gasteiger partial charge on any atom is -0.440 e. The zero-order valence-corrected chi connectivity index (χ0v) is 5.27. The SMILES string of the molecule is CC1=CC(O)(O)C(O)(O)O1. The molecule has 0 fully saturated rings. The van der Waals surface area contributed by atoms with Gasteiger partial charge < -0.3 is 25.2 Å². The topological polar surface area (TPSA) is 90.2 Å². The molecular formula is C5H8O5. The molecule has 58 valence electrons. The van der Waals surface area contributed by atoms with Crippen molar-refractivity contribution in [3.8, 4) is 0 Å². The van der Waals surface area contributed by atoms with Crippen molar-refractivity contribution in [2.45, 2.75) is 18.7 Å². The Kier molecular flexibility index (Phi) is 1.27. The molecule has 0 aromatic rings. The number of rotatable bonds is 0. The summed E-state index contributed by atoms with van der Waals surface area (Å²) in [7, 11) is 0. The Morgan fingerprint density at radius 3 is 1.90 bits per heavy atom. The Morgan fingerprint density at radius 2 is 1.80 bits per heavy atom. The summed E-state index contributed by atoms with van der Waals surface area (Å²) in [6.45, 7) is 1.37. The number of hydrogen-bond donors (Lipinski definition) is 4. The second kappa shape index (κ2) is 1.70. The predicted octanol–water partition coefficient (Wildman–Crippen LogP) is -1.76. The average molecular weight is 148 g/mol. The molecule has 1 aliphatic rings. The molecule has 0 saturated carbocycles. The van der Waals surface area contributed by atoms with Gasteiger partial charge in [0.2, 0.25) is 0 Å². The van der Waals surface area contributed by atoms with E-state index in [1.54, 1.807) is 0 Å². The van der Waals surface area contributed by atoms with E-state index in [9.17, 15) is 0 Å². The Hall–Kier alpha value is -0.620. The Bertz CT molecular complexity index is 180. The molecule has 0 amide bonds. The zero-order chi connectivity index (χ0) is 7.99. The molecule has 0 aliphatic carbocycles. The predicted molar refractivity (Wildman–Crippen MR) is 29.2 cm³/mol. The van der Waals surface area contributed by atoms with Crippen LogP contribution in [0.15, 0.2) is 11.8 Å². The lowest BCUT2D eigenvalue weighted by Gasteiger charge is -2.24. The Labute approximate surface area is 56.8 Å². The van der Waals surface area contributed by atoms with E-state index >= 15 is 0 Å². The van der Waals surface area contributed by atoms with E-state index in [0.29, 0.717) is 0 Å². The molecule has 10 heavy (non-hydrogen) atoms. The molecular weight excluding hydrogens is 140 g/mol. The van der Waals surface area contributed by atoms with Crippen LogP contribution < -0.4 is 0 Å². The van der Waals surface area contributed by atoms with Crippen molar-refractivity contribution >= 4 is 0 Å². The first kappa shape index (κ1) is 7.49. The van der Waals surface area contributed by atoms with Gasteiger partial charge in [-0.15, -0.1) is 0 Å². The van der Waals surface area contributed by atoms with Gasteiger partial charge in [-0.2, -0.15) is 0 Å². The summed E-state index contributed by atoms with van der Waals surface area (Å²) < 4.78 is 4.24. The third kappa shape index (κ3) is 0.889. The summed E-state index contributed by atoms with van der Waals surface area (Å²) in [4.78, 5) is 0. The van der Waals surface area contributed by atoms with Crippen molar-refractivity contribution in [2.75, 3.05) is 0 Å². The maximum atomic E-state index is 8.75. The second-order valence-electron chi connectivity index (χ2n) is 2.19. The molecule has 1 rings (SSSR count). The van der Waals surface area contributed by atoms with Crippen LogP contribution in [0, 0.1) is 0 Å². The molecule has 0 atom stereocenters. The number of aliphatic hydroxyl groups is 4. The number of hydrogen-bond acceptors (Lipinski definition) is 5. The second-order valence-corrected chi connectivity index (χ2v) is 2.19. The first-order valence-corrected chi connectivity index (χ1v) is 2.63. The lowest BCUT2D eigenvalue weighted by Crippen LogP contribution is -2.51. The zero-order valence-electron chi connectivity index (χ0n) is 5.27. The fourth-order valence-electron chi connectivity index (χ4n) is 0.707. The molecule has 5 heteroatoms. The van der Waals surface area contributed by atoms with Crippen LogP contribution in [-0.4, -0.2) is 32.2 Å². The average Bonchev–Trinajstić information content (AvgIpc) is 1.73. The van der Waals surface area contributed by atoms with E-state index in [1.165, 1.54) is 6.92 Å². The third-order valence-corrected chi connectivity index (χ3v) is 1.19. The maximum absolute atomic E-state index is 8.75. The van der Waals surface area contributed by atoms with Gasteiger partial charge in [-0.1, -0.05) is 0 Å². The molecule has 0 aromatic heterocycles. The van der Waals surface area contributed by atoms with Crippen molar-refractivity contribution < 1.29 is 25.2 Å². The molecule has 0 radical (unpaired) electrons. The van der Waals surface area contributed by atoms with E-state index in [1.807, 2.05) is 0 Å². The lowest BCUT2D eigenvalue weighted by atomic mass is 10.2. The van der Waals surface area contributed by atoms with Gasteiger partial charge in [0.15, 0.2) is 0 Å². The van der Waals surface area contributed by atoms with Gasteiger partial charge in [0.05, 0.1) is 0 Å².